The summed E-state index contributed by atoms with van der Waals surface area (Å²) in [4.78, 5) is 17.0. The molecule has 1 heterocycles. The fourth-order valence-electron chi connectivity index (χ4n) is 2.71. The third-order valence-electron chi connectivity index (χ3n) is 4.02. The Kier molecular flexibility index (Phi) is 4.87. The number of hydrogen-bond donors (Lipinski definition) is 1. The molecule has 138 valence electrons. The van der Waals surface area contributed by atoms with Crippen LogP contribution in [0.5, 0.6) is 0 Å². The van der Waals surface area contributed by atoms with Gasteiger partial charge in [0.05, 0.1) is 11.4 Å². The van der Waals surface area contributed by atoms with E-state index in [1.54, 1.807) is 30.3 Å². The van der Waals surface area contributed by atoms with Gasteiger partial charge in [0.2, 0.25) is 5.82 Å². The molecule has 1 N–H and O–H groups in total. The Labute approximate surface area is 165 Å². The molecule has 0 unspecified atom stereocenters. The van der Waals surface area contributed by atoms with Crippen molar-refractivity contribution in [1.82, 2.24) is 14.8 Å². The molecule has 0 aliphatic rings. The zero-order valence-corrected chi connectivity index (χ0v) is 15.3. The van der Waals surface area contributed by atoms with Crippen molar-refractivity contribution in [1.29, 1.82) is 0 Å². The first-order chi connectivity index (χ1) is 13.6. The largest absolute Gasteiger partial charge is 0.317 e. The van der Waals surface area contributed by atoms with Crippen molar-refractivity contribution in [2.75, 3.05) is 5.32 Å². The van der Waals surface area contributed by atoms with Gasteiger partial charge in [0, 0.05) is 10.6 Å². The SMILES string of the molecule is O=C(Nc1ccccc1F)c1nc(-c2ccccc2)n(-c2cccc(Cl)c2)n1. The number of carbonyl (C=O) groups excluding carboxylic acids is 1. The van der Waals surface area contributed by atoms with E-state index in [4.69, 9.17) is 11.6 Å². The van der Waals surface area contributed by atoms with Gasteiger partial charge in [-0.15, -0.1) is 5.10 Å². The average Bonchev–Trinajstić information content (AvgIpc) is 3.16. The lowest BCUT2D eigenvalue weighted by Gasteiger charge is -2.06. The van der Waals surface area contributed by atoms with Crippen LogP contribution in [0.1, 0.15) is 10.6 Å². The molecule has 0 spiro atoms. The lowest BCUT2D eigenvalue weighted by molar-refractivity contribution is 0.101. The Morgan fingerprint density at radius 2 is 1.71 bits per heavy atom. The molecule has 0 fully saturated rings. The first kappa shape index (κ1) is 17.9. The molecular weight excluding hydrogens is 379 g/mol. The molecule has 1 aromatic heterocycles. The van der Waals surface area contributed by atoms with E-state index in [9.17, 15) is 9.18 Å². The zero-order chi connectivity index (χ0) is 19.5. The second kappa shape index (κ2) is 7.62. The second-order valence-electron chi connectivity index (χ2n) is 5.95. The third kappa shape index (κ3) is 3.63. The zero-order valence-electron chi connectivity index (χ0n) is 14.5. The molecule has 0 aliphatic carbocycles. The van der Waals surface area contributed by atoms with Gasteiger partial charge in [0.25, 0.3) is 5.91 Å². The molecular formula is C21H14ClFN4O. The van der Waals surface area contributed by atoms with Crippen LogP contribution in [0.25, 0.3) is 17.1 Å². The highest BCUT2D eigenvalue weighted by molar-refractivity contribution is 6.30. The van der Waals surface area contributed by atoms with Crippen LogP contribution >= 0.6 is 11.6 Å². The van der Waals surface area contributed by atoms with E-state index in [0.29, 0.717) is 16.5 Å². The Hall–Kier alpha value is -3.51. The first-order valence-corrected chi connectivity index (χ1v) is 8.84. The minimum absolute atomic E-state index is 0.0628. The molecule has 0 saturated heterocycles. The molecule has 0 radical (unpaired) electrons. The molecule has 1 amide bonds. The molecule has 0 saturated carbocycles. The van der Waals surface area contributed by atoms with Gasteiger partial charge in [0.15, 0.2) is 5.82 Å². The van der Waals surface area contributed by atoms with Gasteiger partial charge in [-0.1, -0.05) is 60.1 Å². The smallest absolute Gasteiger partial charge is 0.295 e. The molecule has 28 heavy (non-hydrogen) atoms. The van der Waals surface area contributed by atoms with Gasteiger partial charge in [-0.25, -0.2) is 14.1 Å². The Morgan fingerprint density at radius 1 is 0.964 bits per heavy atom. The summed E-state index contributed by atoms with van der Waals surface area (Å²) in [5.41, 5.74) is 1.50. The van der Waals surface area contributed by atoms with Crippen molar-refractivity contribution in [3.05, 3.63) is 95.5 Å². The van der Waals surface area contributed by atoms with Crippen molar-refractivity contribution in [3.63, 3.8) is 0 Å². The summed E-state index contributed by atoms with van der Waals surface area (Å²) in [5.74, 6) is -0.750. The molecule has 3 aromatic carbocycles. The third-order valence-corrected chi connectivity index (χ3v) is 4.25. The van der Waals surface area contributed by atoms with E-state index in [-0.39, 0.29) is 11.5 Å². The molecule has 4 rings (SSSR count). The molecule has 4 aromatic rings. The standard InChI is InChI=1S/C21H14ClFN4O/c22-15-9-6-10-16(13-15)27-20(14-7-2-1-3-8-14)25-19(26-27)21(28)24-18-12-5-4-11-17(18)23/h1-13H,(H,24,28). The van der Waals surface area contributed by atoms with E-state index in [2.05, 4.69) is 15.4 Å². The van der Waals surface area contributed by atoms with Gasteiger partial charge in [-0.2, -0.15) is 0 Å². The monoisotopic (exact) mass is 392 g/mol. The lowest BCUT2D eigenvalue weighted by Crippen LogP contribution is -2.15. The lowest BCUT2D eigenvalue weighted by atomic mass is 10.2. The predicted octanol–water partition coefficient (Wildman–Crippen LogP) is 4.98. The van der Waals surface area contributed by atoms with Crippen LogP contribution in [0, 0.1) is 5.82 Å². The maximum absolute atomic E-state index is 13.8. The summed E-state index contributed by atoms with van der Waals surface area (Å²) in [7, 11) is 0. The van der Waals surface area contributed by atoms with Gasteiger partial charge in [-0.05, 0) is 30.3 Å². The number of anilines is 1. The number of hydrogen-bond acceptors (Lipinski definition) is 3. The maximum atomic E-state index is 13.8. The number of rotatable bonds is 4. The molecule has 5 nitrogen and oxygen atoms in total. The summed E-state index contributed by atoms with van der Waals surface area (Å²) >= 11 is 6.10. The number of aromatic nitrogens is 3. The van der Waals surface area contributed by atoms with Crippen molar-refractivity contribution < 1.29 is 9.18 Å². The number of nitrogens with zero attached hydrogens (tertiary/aromatic N) is 3. The van der Waals surface area contributed by atoms with Crippen LogP contribution in [0.4, 0.5) is 10.1 Å². The molecule has 0 aliphatic heterocycles. The van der Waals surface area contributed by atoms with Crippen LogP contribution in [-0.2, 0) is 0 Å². The molecule has 0 bridgehead atoms. The Bertz CT molecular complexity index is 1140. The highest BCUT2D eigenvalue weighted by Crippen LogP contribution is 2.23. The topological polar surface area (TPSA) is 59.8 Å². The average molecular weight is 393 g/mol. The normalized spacial score (nSPS) is 10.6. The van der Waals surface area contributed by atoms with Crippen molar-refractivity contribution in [3.8, 4) is 17.1 Å². The number of benzene rings is 3. The summed E-state index contributed by atoms with van der Waals surface area (Å²) in [6, 6.07) is 22.3. The summed E-state index contributed by atoms with van der Waals surface area (Å²) in [6.45, 7) is 0. The number of carbonyl (C=O) groups is 1. The highest BCUT2D eigenvalue weighted by atomic mass is 35.5. The van der Waals surface area contributed by atoms with E-state index >= 15 is 0 Å². The summed E-state index contributed by atoms with van der Waals surface area (Å²) < 4.78 is 15.4. The van der Waals surface area contributed by atoms with Crippen molar-refractivity contribution >= 4 is 23.2 Å². The van der Waals surface area contributed by atoms with E-state index in [1.165, 1.54) is 16.8 Å². The molecule has 7 heteroatoms. The fourth-order valence-corrected chi connectivity index (χ4v) is 2.90. The van der Waals surface area contributed by atoms with Crippen LogP contribution in [0.2, 0.25) is 5.02 Å². The van der Waals surface area contributed by atoms with Gasteiger partial charge >= 0.3 is 0 Å². The number of amides is 1. The maximum Gasteiger partial charge on any atom is 0.295 e. The van der Waals surface area contributed by atoms with Gasteiger partial charge in [-0.3, -0.25) is 4.79 Å². The Morgan fingerprint density at radius 3 is 2.46 bits per heavy atom. The summed E-state index contributed by atoms with van der Waals surface area (Å²) in [6.07, 6.45) is 0. The fraction of sp³-hybridized carbons (Fsp3) is 0. The highest BCUT2D eigenvalue weighted by Gasteiger charge is 2.19. The van der Waals surface area contributed by atoms with Crippen LogP contribution in [-0.4, -0.2) is 20.7 Å². The van der Waals surface area contributed by atoms with E-state index in [1.807, 2.05) is 36.4 Å². The number of nitrogens with one attached hydrogen (secondary N) is 1. The first-order valence-electron chi connectivity index (χ1n) is 8.46. The van der Waals surface area contributed by atoms with Crippen LogP contribution in [0.3, 0.4) is 0 Å². The van der Waals surface area contributed by atoms with Gasteiger partial charge < -0.3 is 5.32 Å². The molecule has 0 atom stereocenters. The Balaban J connectivity index is 1.77. The van der Waals surface area contributed by atoms with Crippen molar-refractivity contribution in [2.45, 2.75) is 0 Å². The van der Waals surface area contributed by atoms with Crippen molar-refractivity contribution in [2.24, 2.45) is 0 Å². The summed E-state index contributed by atoms with van der Waals surface area (Å²) in [5, 5.41) is 7.37. The predicted molar refractivity (Wildman–Crippen MR) is 106 cm³/mol. The van der Waals surface area contributed by atoms with Crippen LogP contribution in [0.15, 0.2) is 78.9 Å². The van der Waals surface area contributed by atoms with E-state index < -0.39 is 11.7 Å². The number of para-hydroxylation sites is 1. The quantitative estimate of drug-likeness (QED) is 0.533. The van der Waals surface area contributed by atoms with Gasteiger partial charge in [0.1, 0.15) is 5.82 Å². The minimum atomic E-state index is -0.608. The minimum Gasteiger partial charge on any atom is -0.317 e. The van der Waals surface area contributed by atoms with E-state index in [0.717, 1.165) is 5.56 Å². The van der Waals surface area contributed by atoms with Crippen LogP contribution < -0.4 is 5.32 Å². The second-order valence-corrected chi connectivity index (χ2v) is 6.39. The number of halogens is 2.